The molecule has 0 fully saturated rings. The summed E-state index contributed by atoms with van der Waals surface area (Å²) in [4.78, 5) is 0.512. The molecule has 0 amide bonds. The van der Waals surface area contributed by atoms with Crippen LogP contribution < -0.4 is 4.72 Å². The first-order valence-corrected chi connectivity index (χ1v) is 7.66. The molecule has 0 aliphatic carbocycles. The Morgan fingerprint density at radius 1 is 1.22 bits per heavy atom. The van der Waals surface area contributed by atoms with E-state index in [0.717, 1.165) is 0 Å². The molecule has 9 heteroatoms. The molecule has 18 heavy (non-hydrogen) atoms. The summed E-state index contributed by atoms with van der Waals surface area (Å²) in [5.74, 6) is 0. The second-order valence-electron chi connectivity index (χ2n) is 3.37. The first-order valence-electron chi connectivity index (χ1n) is 4.62. The molecule has 4 nitrogen and oxygen atoms in total. The fourth-order valence-electron chi connectivity index (χ4n) is 1.06. The Kier molecular flexibility index (Phi) is 4.51. The van der Waals surface area contributed by atoms with Crippen LogP contribution in [0.15, 0.2) is 29.2 Å². The van der Waals surface area contributed by atoms with E-state index < -0.39 is 32.9 Å². The second kappa shape index (κ2) is 5.37. The molecule has 0 aliphatic rings. The van der Waals surface area contributed by atoms with E-state index in [0.29, 0.717) is 10.5 Å². The van der Waals surface area contributed by atoms with Crippen LogP contribution in [-0.4, -0.2) is 24.4 Å². The molecule has 1 aromatic rings. The maximum atomic E-state index is 12.0. The Morgan fingerprint density at radius 3 is 2.11 bits per heavy atom. The molecule has 0 saturated heterocycles. The van der Waals surface area contributed by atoms with E-state index in [-0.39, 0.29) is 0 Å². The number of rotatable bonds is 4. The lowest BCUT2D eigenvalue weighted by atomic mass is 10.2. The highest BCUT2D eigenvalue weighted by Crippen LogP contribution is 2.21. The van der Waals surface area contributed by atoms with Crippen molar-refractivity contribution in [1.82, 2.24) is 4.72 Å². The van der Waals surface area contributed by atoms with Crippen LogP contribution in [0.5, 0.6) is 0 Å². The zero-order chi connectivity index (χ0) is 14.0. The van der Waals surface area contributed by atoms with E-state index >= 15 is 0 Å². The number of sulfonamides is 1. The van der Waals surface area contributed by atoms with Crippen molar-refractivity contribution >= 4 is 20.8 Å². The van der Waals surface area contributed by atoms with Crippen molar-refractivity contribution in [3.05, 3.63) is 29.8 Å². The number of benzene rings is 1. The van der Waals surface area contributed by atoms with Crippen molar-refractivity contribution in [2.45, 2.75) is 16.9 Å². The van der Waals surface area contributed by atoms with E-state index in [1.54, 1.807) is 0 Å². The first kappa shape index (κ1) is 15.1. The normalized spacial score (nSPS) is 14.4. The second-order valence-corrected chi connectivity index (χ2v) is 6.51. The Hall–Kier alpha value is -0.930. The van der Waals surface area contributed by atoms with Crippen LogP contribution in [0.4, 0.5) is 13.2 Å². The van der Waals surface area contributed by atoms with E-state index in [1.165, 1.54) is 35.2 Å². The minimum atomic E-state index is -5.33. The van der Waals surface area contributed by atoms with Crippen LogP contribution in [0.1, 0.15) is 5.56 Å². The lowest BCUT2D eigenvalue weighted by molar-refractivity contribution is -0.0448. The lowest BCUT2D eigenvalue weighted by Gasteiger charge is -2.09. The predicted molar refractivity (Wildman–Crippen MR) is 60.6 cm³/mol. The minimum Gasteiger partial charge on any atom is -0.255 e. The van der Waals surface area contributed by atoms with Gasteiger partial charge in [0.2, 0.25) is 0 Å². The lowest BCUT2D eigenvalue weighted by Crippen LogP contribution is -2.35. The Morgan fingerprint density at radius 2 is 1.72 bits per heavy atom. The van der Waals surface area contributed by atoms with E-state index in [2.05, 4.69) is 0 Å². The number of hydrogen-bond donors (Lipinski definition) is 1. The number of nitrogens with one attached hydrogen (secondary N) is 1. The fraction of sp³-hybridized carbons (Fsp3) is 0.333. The fourth-order valence-corrected chi connectivity index (χ4v) is 2.10. The van der Waals surface area contributed by atoms with Gasteiger partial charge in [-0.1, -0.05) is 12.1 Å². The average Bonchev–Trinajstić information content (AvgIpc) is 2.25. The minimum absolute atomic E-state index is 0.344. The molecule has 0 heterocycles. The summed E-state index contributed by atoms with van der Waals surface area (Å²) in [6.07, 6.45) is 1.46. The van der Waals surface area contributed by atoms with Crippen molar-refractivity contribution in [1.29, 1.82) is 0 Å². The van der Waals surface area contributed by atoms with Gasteiger partial charge in [0.05, 0.1) is 0 Å². The molecule has 1 atom stereocenters. The summed E-state index contributed by atoms with van der Waals surface area (Å²) in [6, 6.07) is 5.76. The third kappa shape index (κ3) is 3.79. The average molecular weight is 301 g/mol. The Labute approximate surface area is 105 Å². The molecular weight excluding hydrogens is 291 g/mol. The Balaban J connectivity index is 2.74. The van der Waals surface area contributed by atoms with Gasteiger partial charge >= 0.3 is 15.5 Å². The van der Waals surface area contributed by atoms with Gasteiger partial charge in [0.15, 0.2) is 0 Å². The van der Waals surface area contributed by atoms with Crippen LogP contribution in [-0.2, 0) is 27.4 Å². The summed E-state index contributed by atoms with van der Waals surface area (Å²) < 4.78 is 70.0. The summed E-state index contributed by atoms with van der Waals surface area (Å²) in [5, 5.41) is 0. The van der Waals surface area contributed by atoms with Crippen molar-refractivity contribution in [2.24, 2.45) is 0 Å². The number of alkyl halides is 3. The first-order chi connectivity index (χ1) is 8.13. The quantitative estimate of drug-likeness (QED) is 0.913. The molecule has 0 saturated carbocycles. The molecular formula is C9H10F3NO3S2. The highest BCUT2D eigenvalue weighted by molar-refractivity contribution is 7.90. The van der Waals surface area contributed by atoms with Gasteiger partial charge in [0, 0.05) is 28.5 Å². The highest BCUT2D eigenvalue weighted by atomic mass is 32.2. The zero-order valence-electron chi connectivity index (χ0n) is 9.19. The smallest absolute Gasteiger partial charge is 0.255 e. The Bertz CT molecular complexity index is 537. The molecule has 0 aromatic heterocycles. The maximum absolute atomic E-state index is 12.0. The zero-order valence-corrected chi connectivity index (χ0v) is 10.8. The van der Waals surface area contributed by atoms with E-state index in [4.69, 9.17) is 0 Å². The van der Waals surface area contributed by atoms with Crippen molar-refractivity contribution in [2.75, 3.05) is 6.26 Å². The van der Waals surface area contributed by atoms with Crippen LogP contribution in [0.3, 0.4) is 0 Å². The molecule has 1 unspecified atom stereocenters. The van der Waals surface area contributed by atoms with Crippen LogP contribution in [0.25, 0.3) is 0 Å². The monoisotopic (exact) mass is 301 g/mol. The van der Waals surface area contributed by atoms with Crippen LogP contribution in [0.2, 0.25) is 0 Å². The van der Waals surface area contributed by atoms with E-state index in [9.17, 15) is 25.8 Å². The van der Waals surface area contributed by atoms with Gasteiger partial charge in [-0.2, -0.15) is 13.2 Å². The highest BCUT2D eigenvalue weighted by Gasteiger charge is 2.45. The summed E-state index contributed by atoms with van der Waals surface area (Å²) in [6.45, 7) is -0.474. The van der Waals surface area contributed by atoms with Gasteiger partial charge in [-0.15, -0.1) is 0 Å². The van der Waals surface area contributed by atoms with Crippen molar-refractivity contribution in [3.63, 3.8) is 0 Å². The molecule has 0 spiro atoms. The molecule has 0 aliphatic heterocycles. The molecule has 1 N–H and O–H groups in total. The molecule has 1 rings (SSSR count). The summed E-state index contributed by atoms with van der Waals surface area (Å²) in [5.41, 5.74) is -4.98. The summed E-state index contributed by atoms with van der Waals surface area (Å²) >= 11 is 0. The van der Waals surface area contributed by atoms with Crippen LogP contribution in [0, 0.1) is 0 Å². The topological polar surface area (TPSA) is 63.2 Å². The van der Waals surface area contributed by atoms with Crippen molar-refractivity contribution in [3.8, 4) is 0 Å². The van der Waals surface area contributed by atoms with Gasteiger partial charge in [0.1, 0.15) is 0 Å². The van der Waals surface area contributed by atoms with Gasteiger partial charge in [-0.05, 0) is 17.7 Å². The van der Waals surface area contributed by atoms with Crippen LogP contribution >= 0.6 is 0 Å². The van der Waals surface area contributed by atoms with Crippen molar-refractivity contribution < 1.29 is 25.8 Å². The van der Waals surface area contributed by atoms with Gasteiger partial charge in [-0.3, -0.25) is 4.21 Å². The molecule has 102 valence electrons. The standard InChI is InChI=1S/C9H10F3NO3S2/c1-17(14)8-4-2-7(3-5-8)6-13-18(15,16)9(10,11)12/h2-5,13H,6H2,1H3. The van der Waals surface area contributed by atoms with Gasteiger partial charge < -0.3 is 0 Å². The summed E-state index contributed by atoms with van der Waals surface area (Å²) in [7, 11) is -6.52. The third-order valence-corrected chi connectivity index (χ3v) is 4.10. The van der Waals surface area contributed by atoms with E-state index in [1.807, 2.05) is 0 Å². The molecule has 1 aromatic carbocycles. The molecule has 0 radical (unpaired) electrons. The van der Waals surface area contributed by atoms with Gasteiger partial charge in [0.25, 0.3) is 0 Å². The third-order valence-electron chi connectivity index (χ3n) is 2.03. The SMILES string of the molecule is CS(=O)c1ccc(CNS(=O)(=O)C(F)(F)F)cc1. The largest absolute Gasteiger partial charge is 0.511 e. The molecule has 0 bridgehead atoms. The number of hydrogen-bond acceptors (Lipinski definition) is 3. The maximum Gasteiger partial charge on any atom is 0.511 e. The predicted octanol–water partition coefficient (Wildman–Crippen LogP) is 1.36. The van der Waals surface area contributed by atoms with Gasteiger partial charge in [-0.25, -0.2) is 13.1 Å². The number of halogens is 3.